The normalized spacial score (nSPS) is 15.9. The average Bonchev–Trinajstić information content (AvgIpc) is 2.84. The number of hydrogen-bond acceptors (Lipinski definition) is 4. The smallest absolute Gasteiger partial charge is 0.269 e. The first-order chi connectivity index (χ1) is 10.6. The number of non-ortho nitro benzene ring substituents is 1. The van der Waals surface area contributed by atoms with Crippen LogP contribution in [0.25, 0.3) is 11.1 Å². The van der Waals surface area contributed by atoms with E-state index in [1.165, 1.54) is 31.4 Å². The zero-order valence-electron chi connectivity index (χ0n) is 12.7. The van der Waals surface area contributed by atoms with Crippen LogP contribution in [-0.4, -0.2) is 14.7 Å². The van der Waals surface area contributed by atoms with Crippen LogP contribution >= 0.6 is 0 Å². The molecule has 1 heterocycles. The number of nitrogens with zero attached hydrogens (tertiary/aromatic N) is 3. The van der Waals surface area contributed by atoms with E-state index >= 15 is 0 Å². The Hall–Kier alpha value is -2.37. The van der Waals surface area contributed by atoms with Gasteiger partial charge in [0.2, 0.25) is 0 Å². The predicted octanol–water partition coefficient (Wildman–Crippen LogP) is 3.63. The first kappa shape index (κ1) is 14.6. The highest BCUT2D eigenvalue weighted by Crippen LogP contribution is 2.40. The molecule has 6 nitrogen and oxygen atoms in total. The SMILES string of the molecule is Cn1nc(C2CCCCC2)c(-c2ccc([N+](=O)[O-])cc2)c1N. The van der Waals surface area contributed by atoms with Crippen molar-refractivity contribution in [2.45, 2.75) is 38.0 Å². The van der Waals surface area contributed by atoms with Crippen LogP contribution in [0.15, 0.2) is 24.3 Å². The van der Waals surface area contributed by atoms with Gasteiger partial charge in [-0.2, -0.15) is 5.10 Å². The number of nitrogens with two attached hydrogens (primary N) is 1. The molecule has 0 aliphatic heterocycles. The number of nitro groups is 1. The van der Waals surface area contributed by atoms with Gasteiger partial charge in [0, 0.05) is 30.7 Å². The Morgan fingerprint density at radius 1 is 1.23 bits per heavy atom. The van der Waals surface area contributed by atoms with E-state index in [2.05, 4.69) is 5.10 Å². The fraction of sp³-hybridized carbons (Fsp3) is 0.438. The van der Waals surface area contributed by atoms with Crippen molar-refractivity contribution >= 4 is 11.5 Å². The summed E-state index contributed by atoms with van der Waals surface area (Å²) in [5.41, 5.74) is 9.16. The molecule has 1 fully saturated rings. The van der Waals surface area contributed by atoms with Crippen molar-refractivity contribution in [3.8, 4) is 11.1 Å². The lowest BCUT2D eigenvalue weighted by Gasteiger charge is -2.21. The van der Waals surface area contributed by atoms with Crippen molar-refractivity contribution in [1.82, 2.24) is 9.78 Å². The summed E-state index contributed by atoms with van der Waals surface area (Å²) in [6.07, 6.45) is 6.00. The van der Waals surface area contributed by atoms with E-state index in [-0.39, 0.29) is 5.69 Å². The fourth-order valence-electron chi connectivity index (χ4n) is 3.27. The number of nitro benzene ring substituents is 1. The predicted molar refractivity (Wildman–Crippen MR) is 85.5 cm³/mol. The molecule has 1 aliphatic carbocycles. The first-order valence-corrected chi connectivity index (χ1v) is 7.65. The van der Waals surface area contributed by atoms with Crippen molar-refractivity contribution in [3.05, 3.63) is 40.1 Å². The maximum Gasteiger partial charge on any atom is 0.269 e. The van der Waals surface area contributed by atoms with Gasteiger partial charge in [0.25, 0.3) is 5.69 Å². The summed E-state index contributed by atoms with van der Waals surface area (Å²) in [5.74, 6) is 1.05. The summed E-state index contributed by atoms with van der Waals surface area (Å²) in [6.45, 7) is 0. The van der Waals surface area contributed by atoms with Gasteiger partial charge in [-0.05, 0) is 30.5 Å². The highest BCUT2D eigenvalue weighted by atomic mass is 16.6. The standard InChI is InChI=1S/C16H20N4O2/c1-19-16(17)14(11-7-9-13(10-8-11)20(21)22)15(18-19)12-5-3-2-4-6-12/h7-10,12H,2-6,17H2,1H3. The van der Waals surface area contributed by atoms with Crippen molar-refractivity contribution in [1.29, 1.82) is 0 Å². The van der Waals surface area contributed by atoms with Gasteiger partial charge in [0.15, 0.2) is 0 Å². The quantitative estimate of drug-likeness (QED) is 0.692. The second-order valence-electron chi connectivity index (χ2n) is 5.91. The maximum absolute atomic E-state index is 10.8. The zero-order valence-corrected chi connectivity index (χ0v) is 12.7. The Bertz CT molecular complexity index is 685. The second-order valence-corrected chi connectivity index (χ2v) is 5.91. The molecule has 1 aromatic heterocycles. The van der Waals surface area contributed by atoms with E-state index in [1.54, 1.807) is 16.8 Å². The lowest BCUT2D eigenvalue weighted by molar-refractivity contribution is -0.384. The number of aromatic nitrogens is 2. The number of rotatable bonds is 3. The van der Waals surface area contributed by atoms with Crippen LogP contribution in [0.1, 0.15) is 43.7 Å². The van der Waals surface area contributed by atoms with Gasteiger partial charge in [0.1, 0.15) is 5.82 Å². The van der Waals surface area contributed by atoms with Gasteiger partial charge in [0.05, 0.1) is 10.6 Å². The third-order valence-electron chi connectivity index (χ3n) is 4.48. The molecule has 0 radical (unpaired) electrons. The van der Waals surface area contributed by atoms with E-state index in [1.807, 2.05) is 7.05 Å². The number of anilines is 1. The van der Waals surface area contributed by atoms with E-state index in [9.17, 15) is 10.1 Å². The molecular formula is C16H20N4O2. The second kappa shape index (κ2) is 5.79. The molecule has 22 heavy (non-hydrogen) atoms. The minimum atomic E-state index is -0.390. The molecule has 1 saturated carbocycles. The molecule has 1 aromatic carbocycles. The van der Waals surface area contributed by atoms with E-state index < -0.39 is 4.92 Å². The lowest BCUT2D eigenvalue weighted by Crippen LogP contribution is -2.06. The van der Waals surface area contributed by atoms with Gasteiger partial charge in [-0.25, -0.2) is 0 Å². The van der Waals surface area contributed by atoms with E-state index in [4.69, 9.17) is 5.73 Å². The molecule has 3 rings (SSSR count). The van der Waals surface area contributed by atoms with Crippen molar-refractivity contribution in [3.63, 3.8) is 0 Å². The fourth-order valence-corrected chi connectivity index (χ4v) is 3.27. The highest BCUT2D eigenvalue weighted by molar-refractivity contribution is 5.77. The number of nitrogen functional groups attached to an aromatic ring is 1. The van der Waals surface area contributed by atoms with E-state index in [0.29, 0.717) is 11.7 Å². The highest BCUT2D eigenvalue weighted by Gasteiger charge is 2.25. The number of benzene rings is 1. The van der Waals surface area contributed by atoms with Crippen LogP contribution in [0.3, 0.4) is 0 Å². The van der Waals surface area contributed by atoms with Crippen molar-refractivity contribution < 1.29 is 4.92 Å². The Labute approximate surface area is 129 Å². The van der Waals surface area contributed by atoms with Crippen LogP contribution < -0.4 is 5.73 Å². The van der Waals surface area contributed by atoms with Crippen molar-refractivity contribution in [2.24, 2.45) is 7.05 Å². The first-order valence-electron chi connectivity index (χ1n) is 7.65. The molecular weight excluding hydrogens is 280 g/mol. The average molecular weight is 300 g/mol. The number of hydrogen-bond donors (Lipinski definition) is 1. The Morgan fingerprint density at radius 3 is 2.45 bits per heavy atom. The van der Waals surface area contributed by atoms with Crippen LogP contribution in [-0.2, 0) is 7.05 Å². The summed E-state index contributed by atoms with van der Waals surface area (Å²) < 4.78 is 1.71. The Morgan fingerprint density at radius 2 is 1.86 bits per heavy atom. The molecule has 0 unspecified atom stereocenters. The van der Waals surface area contributed by atoms with Crippen molar-refractivity contribution in [2.75, 3.05) is 5.73 Å². The minimum absolute atomic E-state index is 0.0884. The molecule has 0 spiro atoms. The summed E-state index contributed by atoms with van der Waals surface area (Å²) in [5, 5.41) is 15.4. The molecule has 0 saturated heterocycles. The Kier molecular flexibility index (Phi) is 3.83. The zero-order chi connectivity index (χ0) is 15.7. The lowest BCUT2D eigenvalue weighted by atomic mass is 9.84. The van der Waals surface area contributed by atoms with Gasteiger partial charge >= 0.3 is 0 Å². The monoisotopic (exact) mass is 300 g/mol. The summed E-state index contributed by atoms with van der Waals surface area (Å²) >= 11 is 0. The largest absolute Gasteiger partial charge is 0.383 e. The van der Waals surface area contributed by atoms with E-state index in [0.717, 1.165) is 29.7 Å². The van der Waals surface area contributed by atoms with Crippen LogP contribution in [0.5, 0.6) is 0 Å². The summed E-state index contributed by atoms with van der Waals surface area (Å²) in [6, 6.07) is 6.56. The molecule has 0 amide bonds. The molecule has 1 aliphatic rings. The number of aryl methyl sites for hydroxylation is 1. The maximum atomic E-state index is 10.8. The van der Waals surface area contributed by atoms with Crippen LogP contribution in [0, 0.1) is 10.1 Å². The summed E-state index contributed by atoms with van der Waals surface area (Å²) in [7, 11) is 1.84. The molecule has 0 bridgehead atoms. The van der Waals surface area contributed by atoms with Crippen LogP contribution in [0.4, 0.5) is 11.5 Å². The molecule has 2 aromatic rings. The van der Waals surface area contributed by atoms with Gasteiger partial charge < -0.3 is 5.73 Å². The van der Waals surface area contributed by atoms with Gasteiger partial charge in [-0.3, -0.25) is 14.8 Å². The molecule has 116 valence electrons. The third-order valence-corrected chi connectivity index (χ3v) is 4.48. The Balaban J connectivity index is 2.03. The summed E-state index contributed by atoms with van der Waals surface area (Å²) in [4.78, 5) is 10.4. The molecule has 0 atom stereocenters. The third kappa shape index (κ3) is 2.56. The van der Waals surface area contributed by atoms with Crippen LogP contribution in [0.2, 0.25) is 0 Å². The molecule has 2 N–H and O–H groups in total. The minimum Gasteiger partial charge on any atom is -0.383 e. The van der Waals surface area contributed by atoms with Gasteiger partial charge in [-0.1, -0.05) is 19.3 Å². The topological polar surface area (TPSA) is 87.0 Å². The molecule has 6 heteroatoms. The van der Waals surface area contributed by atoms with Gasteiger partial charge in [-0.15, -0.1) is 0 Å².